The Morgan fingerprint density at radius 3 is 0.828 bits per heavy atom. The smallest absolute Gasteiger partial charge is 0.485 e. The van der Waals surface area contributed by atoms with Crippen molar-refractivity contribution in [2.24, 2.45) is 0 Å². The number of amidine groups is 2. The number of hydrogen-bond acceptors (Lipinski definition) is 8. The lowest BCUT2D eigenvalue weighted by atomic mass is 10.0. The molecule has 2 aliphatic rings. The number of halogens is 6. The van der Waals surface area contributed by atoms with Crippen molar-refractivity contribution in [1.29, 1.82) is 0 Å². The Morgan fingerprint density at radius 1 is 0.453 bits per heavy atom. The van der Waals surface area contributed by atoms with Crippen molar-refractivity contribution >= 4 is 78.6 Å². The molecule has 0 spiro atoms. The summed E-state index contributed by atoms with van der Waals surface area (Å²) in [6.45, 7) is 30.1. The maximum atomic E-state index is 10.7. The SMILES string of the molecule is Cc1cc(C)c(N2CC[N+](c3c(C)cc(C)cc3C)=C2S)c(C)c1.Cc1cc(C)c(N2CC[N+](c3c(C)cc(C)cc3C)=C2S)c(C)c1.O=S(=O)([O-])C(F)(F)F.O=S(=O)([O-])C(F)(F)F. The number of benzene rings is 4. The average molecular weight is 977 g/mol. The first kappa shape index (κ1) is 54.3. The van der Waals surface area contributed by atoms with E-state index in [2.05, 4.69) is 151 Å². The molecule has 0 atom stereocenters. The predicted octanol–water partition coefficient (Wildman–Crippen LogP) is 10.1. The van der Waals surface area contributed by atoms with Crippen molar-refractivity contribution in [3.8, 4) is 0 Å². The van der Waals surface area contributed by atoms with Crippen LogP contribution in [0.1, 0.15) is 66.8 Å². The number of anilines is 2. The number of nitrogens with zero attached hydrogens (tertiary/aromatic N) is 4. The van der Waals surface area contributed by atoms with Crippen LogP contribution in [0, 0.1) is 83.1 Å². The number of alkyl halides is 6. The molecule has 0 N–H and O–H groups in total. The minimum atomic E-state index is -6.09. The number of aryl methyl sites for hydroxylation is 12. The van der Waals surface area contributed by atoms with Gasteiger partial charge in [0.25, 0.3) is 0 Å². The summed E-state index contributed by atoms with van der Waals surface area (Å²) in [7, 11) is -12.2. The van der Waals surface area contributed by atoms with Crippen molar-refractivity contribution in [3.05, 3.63) is 115 Å². The van der Waals surface area contributed by atoms with E-state index in [1.54, 1.807) is 0 Å². The summed E-state index contributed by atoms with van der Waals surface area (Å²) in [5.74, 6) is 0. The number of thiol groups is 2. The van der Waals surface area contributed by atoms with Gasteiger partial charge in [-0.2, -0.15) is 26.3 Å². The first-order valence-electron chi connectivity index (χ1n) is 19.7. The van der Waals surface area contributed by atoms with Crippen molar-refractivity contribution in [1.82, 2.24) is 0 Å². The average Bonchev–Trinajstić information content (AvgIpc) is 3.64. The van der Waals surface area contributed by atoms with Gasteiger partial charge in [0, 0.05) is 0 Å². The van der Waals surface area contributed by atoms with E-state index in [1.807, 2.05) is 0 Å². The summed E-state index contributed by atoms with van der Waals surface area (Å²) in [6.07, 6.45) is 0. The fourth-order valence-electron chi connectivity index (χ4n) is 8.33. The minimum Gasteiger partial charge on any atom is -0.741 e. The number of hydrogen-bond donors (Lipinski definition) is 2. The Balaban J connectivity index is 0.000000256. The molecule has 2 aliphatic heterocycles. The van der Waals surface area contributed by atoms with Crippen LogP contribution in [0.4, 0.5) is 49.1 Å². The maximum Gasteiger partial charge on any atom is 0.485 e. The lowest BCUT2D eigenvalue weighted by molar-refractivity contribution is -0.427. The third-order valence-electron chi connectivity index (χ3n) is 10.2. The molecule has 20 heteroatoms. The van der Waals surface area contributed by atoms with Crippen LogP contribution in [-0.2, 0) is 20.2 Å². The van der Waals surface area contributed by atoms with Crippen molar-refractivity contribution in [2.45, 2.75) is 94.1 Å². The summed E-state index contributed by atoms with van der Waals surface area (Å²) in [5, 5.41) is 2.06. The molecular formula is C44H54F6N4O6S4. The van der Waals surface area contributed by atoms with Gasteiger partial charge in [0.05, 0.1) is 0 Å². The van der Waals surface area contributed by atoms with Crippen molar-refractivity contribution < 1.29 is 61.4 Å². The van der Waals surface area contributed by atoms with Gasteiger partial charge in [-0.3, -0.25) is 0 Å². The largest absolute Gasteiger partial charge is 0.741 e. The molecule has 0 radical (unpaired) electrons. The van der Waals surface area contributed by atoms with Gasteiger partial charge in [-0.25, -0.2) is 35.8 Å². The van der Waals surface area contributed by atoms with Crippen molar-refractivity contribution in [3.63, 3.8) is 0 Å². The lowest BCUT2D eigenvalue weighted by Crippen LogP contribution is -2.26. The third-order valence-corrected chi connectivity index (χ3v) is 12.3. The Bertz CT molecular complexity index is 2440. The van der Waals surface area contributed by atoms with Crippen LogP contribution < -0.4 is 9.80 Å². The van der Waals surface area contributed by atoms with Gasteiger partial charge in [-0.15, -0.1) is 0 Å². The van der Waals surface area contributed by atoms with E-state index >= 15 is 0 Å². The standard InChI is InChI=1S/2C21H26N2S.2CHF3O3S/c2*1-13-9-15(3)19(16(4)10-13)22-7-8-23(21(22)24)20-17(5)11-14(2)12-18(20)6;2*2-1(3,4)8(5,6)7/h2*9-12H,7-8H2,1-6H3;2*(H,5,6,7). The molecular weight excluding hydrogens is 923 g/mol. The lowest BCUT2D eigenvalue weighted by Gasteiger charge is -2.16. The summed E-state index contributed by atoms with van der Waals surface area (Å²) < 4.78 is 123. The Hall–Kier alpha value is -4.08. The Kier molecular flexibility index (Phi) is 17.5. The van der Waals surface area contributed by atoms with Crippen LogP contribution in [0.5, 0.6) is 0 Å². The zero-order valence-electron chi connectivity index (χ0n) is 37.7. The molecule has 0 fully saturated rings. The second-order valence-corrected chi connectivity index (χ2v) is 19.5. The molecule has 0 unspecified atom stereocenters. The van der Waals surface area contributed by atoms with E-state index < -0.39 is 31.3 Å². The Morgan fingerprint density at radius 2 is 0.641 bits per heavy atom. The van der Waals surface area contributed by atoms with Crippen LogP contribution in [0.15, 0.2) is 48.5 Å². The van der Waals surface area contributed by atoms with E-state index in [0.717, 1.165) is 36.5 Å². The molecule has 352 valence electrons. The highest BCUT2D eigenvalue weighted by Gasteiger charge is 2.38. The van der Waals surface area contributed by atoms with Crippen LogP contribution >= 0.6 is 25.3 Å². The summed E-state index contributed by atoms with van der Waals surface area (Å²) >= 11 is 9.83. The van der Waals surface area contributed by atoms with Crippen LogP contribution in [0.25, 0.3) is 0 Å². The second-order valence-electron chi connectivity index (χ2n) is 16.0. The molecule has 4 aromatic rings. The highest BCUT2D eigenvalue weighted by atomic mass is 32.2. The quantitative estimate of drug-likeness (QED) is 0.0681. The molecule has 0 aromatic heterocycles. The minimum absolute atomic E-state index is 0.969. The topological polar surface area (TPSA) is 127 Å². The van der Waals surface area contributed by atoms with Gasteiger partial charge >= 0.3 is 21.4 Å². The van der Waals surface area contributed by atoms with Crippen LogP contribution in [0.2, 0.25) is 0 Å². The maximum absolute atomic E-state index is 10.7. The molecule has 6 rings (SSSR count). The molecule has 64 heavy (non-hydrogen) atoms. The predicted molar refractivity (Wildman–Crippen MR) is 246 cm³/mol. The zero-order chi connectivity index (χ0) is 49.2. The van der Waals surface area contributed by atoms with Gasteiger partial charge in [-0.1, -0.05) is 96.0 Å². The van der Waals surface area contributed by atoms with Crippen molar-refractivity contribution in [2.75, 3.05) is 36.0 Å². The first-order valence-corrected chi connectivity index (χ1v) is 23.4. The van der Waals surface area contributed by atoms with Crippen LogP contribution in [-0.4, -0.2) is 82.6 Å². The summed E-state index contributed by atoms with van der Waals surface area (Å²) in [4.78, 5) is 4.71. The van der Waals surface area contributed by atoms with Gasteiger partial charge in [0.15, 0.2) is 20.2 Å². The fraction of sp³-hybridized carbons (Fsp3) is 0.409. The van der Waals surface area contributed by atoms with E-state index in [1.165, 1.54) is 89.5 Å². The highest BCUT2D eigenvalue weighted by molar-refractivity contribution is 7.97. The van der Waals surface area contributed by atoms with E-state index in [-0.39, 0.29) is 0 Å². The number of rotatable bonds is 4. The fourth-order valence-corrected chi connectivity index (χ4v) is 9.13. The molecule has 4 aromatic carbocycles. The molecule has 2 heterocycles. The summed E-state index contributed by atoms with van der Waals surface area (Å²) in [5.41, 5.74) is 9.72. The van der Waals surface area contributed by atoms with Gasteiger partial charge in [0.2, 0.25) is 0 Å². The molecule has 0 saturated carbocycles. The second kappa shape index (κ2) is 20.6. The van der Waals surface area contributed by atoms with Crippen LogP contribution in [0.3, 0.4) is 0 Å². The molecule has 0 aliphatic carbocycles. The van der Waals surface area contributed by atoms with E-state index in [4.69, 9.17) is 51.2 Å². The molecule has 10 nitrogen and oxygen atoms in total. The van der Waals surface area contributed by atoms with Gasteiger partial charge in [-0.05, 0) is 128 Å². The molecule has 0 amide bonds. The summed E-state index contributed by atoms with van der Waals surface area (Å²) in [6, 6.07) is 18.1. The van der Waals surface area contributed by atoms with Gasteiger partial charge in [0.1, 0.15) is 48.9 Å². The first-order chi connectivity index (χ1) is 29.1. The third kappa shape index (κ3) is 13.0. The Labute approximate surface area is 383 Å². The van der Waals surface area contributed by atoms with Gasteiger partial charge < -0.3 is 9.11 Å². The molecule has 0 bridgehead atoms. The van der Waals surface area contributed by atoms with E-state index in [9.17, 15) is 26.3 Å². The highest BCUT2D eigenvalue weighted by Crippen LogP contribution is 2.35. The zero-order valence-corrected chi connectivity index (χ0v) is 41.1. The molecule has 0 saturated heterocycles. The monoisotopic (exact) mass is 976 g/mol. The van der Waals surface area contributed by atoms with E-state index in [0.29, 0.717) is 0 Å². The normalized spacial score (nSPS) is 14.5.